The summed E-state index contributed by atoms with van der Waals surface area (Å²) >= 11 is 5.78. The lowest BCUT2D eigenvalue weighted by atomic mass is 10.2. The highest BCUT2D eigenvalue weighted by atomic mass is 35.5. The number of carbonyl (C=O) groups is 2. The summed E-state index contributed by atoms with van der Waals surface area (Å²) in [6.45, 7) is 5.11. The summed E-state index contributed by atoms with van der Waals surface area (Å²) in [5.74, 6) is -0.410. The minimum absolute atomic E-state index is 0.0243. The van der Waals surface area contributed by atoms with Gasteiger partial charge in [0.25, 0.3) is 0 Å². The minimum Gasteiger partial charge on any atom is -0.467 e. The molecule has 0 bridgehead atoms. The number of ether oxygens (including phenoxy) is 2. The van der Waals surface area contributed by atoms with E-state index in [1.54, 1.807) is 20.8 Å². The Morgan fingerprint density at radius 2 is 2.04 bits per heavy atom. The number of hydrogen-bond donors (Lipinski definition) is 3. The van der Waals surface area contributed by atoms with Crippen LogP contribution in [0.3, 0.4) is 0 Å². The van der Waals surface area contributed by atoms with E-state index in [-0.39, 0.29) is 23.2 Å². The number of nitrogens with one attached hydrogen (secondary N) is 2. The second kappa shape index (κ2) is 7.82. The molecule has 10 heteroatoms. The molecule has 128 valence electrons. The molecular formula is C13H20ClN5O4. The van der Waals surface area contributed by atoms with Gasteiger partial charge in [-0.3, -0.25) is 0 Å². The number of esters is 1. The Balaban J connectivity index is 2.74. The van der Waals surface area contributed by atoms with Gasteiger partial charge in [-0.15, -0.1) is 0 Å². The van der Waals surface area contributed by atoms with E-state index < -0.39 is 23.7 Å². The zero-order chi connectivity index (χ0) is 17.6. The van der Waals surface area contributed by atoms with Gasteiger partial charge in [0.1, 0.15) is 23.7 Å². The Labute approximate surface area is 138 Å². The van der Waals surface area contributed by atoms with Crippen molar-refractivity contribution >= 4 is 35.2 Å². The van der Waals surface area contributed by atoms with Gasteiger partial charge in [-0.1, -0.05) is 11.6 Å². The summed E-state index contributed by atoms with van der Waals surface area (Å²) < 4.78 is 9.75. The molecule has 1 aromatic heterocycles. The molecule has 9 nitrogen and oxygen atoms in total. The quantitative estimate of drug-likeness (QED) is 0.536. The van der Waals surface area contributed by atoms with Gasteiger partial charge in [-0.25, -0.2) is 19.6 Å². The number of amides is 1. The number of methoxy groups -OCH3 is 1. The molecule has 0 saturated heterocycles. The zero-order valence-corrected chi connectivity index (χ0v) is 14.1. The monoisotopic (exact) mass is 345 g/mol. The van der Waals surface area contributed by atoms with Crippen LogP contribution in [0.2, 0.25) is 5.15 Å². The Hall–Kier alpha value is -2.29. The maximum Gasteiger partial charge on any atom is 0.408 e. The number of rotatable bonds is 5. The predicted octanol–water partition coefficient (Wildman–Crippen LogP) is 1.19. The zero-order valence-electron chi connectivity index (χ0n) is 13.3. The number of nitrogens with two attached hydrogens (primary N) is 1. The molecule has 0 spiro atoms. The van der Waals surface area contributed by atoms with Crippen molar-refractivity contribution in [2.75, 3.05) is 24.7 Å². The van der Waals surface area contributed by atoms with Crippen molar-refractivity contribution in [1.29, 1.82) is 0 Å². The van der Waals surface area contributed by atoms with Gasteiger partial charge < -0.3 is 25.8 Å². The van der Waals surface area contributed by atoms with Gasteiger partial charge in [0.05, 0.1) is 7.11 Å². The van der Waals surface area contributed by atoms with Gasteiger partial charge in [-0.2, -0.15) is 0 Å². The summed E-state index contributed by atoms with van der Waals surface area (Å²) in [6, 6.07) is -0.997. The Morgan fingerprint density at radius 1 is 1.39 bits per heavy atom. The van der Waals surface area contributed by atoms with Gasteiger partial charge in [-0.05, 0) is 20.8 Å². The Bertz CT molecular complexity index is 576. The average molecular weight is 346 g/mol. The molecule has 0 aliphatic carbocycles. The van der Waals surface area contributed by atoms with Gasteiger partial charge in [0, 0.05) is 6.54 Å². The normalized spacial score (nSPS) is 12.2. The number of nitrogens with zero attached hydrogens (tertiary/aromatic N) is 2. The third-order valence-corrected chi connectivity index (χ3v) is 2.79. The molecule has 0 radical (unpaired) electrons. The van der Waals surface area contributed by atoms with Crippen LogP contribution in [0, 0.1) is 0 Å². The maximum atomic E-state index is 11.8. The van der Waals surface area contributed by atoms with E-state index in [4.69, 9.17) is 22.1 Å². The molecule has 1 aromatic rings. The van der Waals surface area contributed by atoms with Crippen LogP contribution in [0.5, 0.6) is 0 Å². The number of alkyl carbamates (subject to hydrolysis) is 1. The minimum atomic E-state index is -0.997. The second-order valence-electron chi connectivity index (χ2n) is 5.53. The molecule has 0 aromatic carbocycles. The van der Waals surface area contributed by atoms with Crippen molar-refractivity contribution in [2.24, 2.45) is 0 Å². The van der Waals surface area contributed by atoms with E-state index in [0.717, 1.165) is 0 Å². The van der Waals surface area contributed by atoms with Crippen LogP contribution in [-0.2, 0) is 14.3 Å². The highest BCUT2D eigenvalue weighted by molar-refractivity contribution is 6.32. The van der Waals surface area contributed by atoms with Crippen LogP contribution in [-0.4, -0.2) is 47.3 Å². The molecule has 1 unspecified atom stereocenters. The van der Waals surface area contributed by atoms with E-state index in [0.29, 0.717) is 0 Å². The molecule has 0 fully saturated rings. The SMILES string of the molecule is COC(=O)C(CNc1ncnc(Cl)c1N)NC(=O)OC(C)(C)C. The fourth-order valence-electron chi connectivity index (χ4n) is 1.50. The third-order valence-electron chi connectivity index (χ3n) is 2.49. The average Bonchev–Trinajstić information content (AvgIpc) is 2.44. The van der Waals surface area contributed by atoms with Gasteiger partial charge in [0.2, 0.25) is 0 Å². The van der Waals surface area contributed by atoms with Crippen LogP contribution in [0.25, 0.3) is 0 Å². The molecule has 0 aliphatic rings. The number of hydrogen-bond acceptors (Lipinski definition) is 8. The third kappa shape index (κ3) is 6.15. The standard InChI is InChI=1S/C13H20ClN5O4/c1-13(2,3)23-12(21)19-7(11(20)22-4)5-16-10-8(15)9(14)17-6-18-10/h6-7H,5,15H2,1-4H3,(H,19,21)(H,16,17,18). The van der Waals surface area contributed by atoms with Crippen molar-refractivity contribution in [1.82, 2.24) is 15.3 Å². The summed E-state index contributed by atoms with van der Waals surface area (Å²) in [4.78, 5) is 31.2. The molecule has 4 N–H and O–H groups in total. The predicted molar refractivity (Wildman–Crippen MR) is 85.1 cm³/mol. The van der Waals surface area contributed by atoms with E-state index in [1.165, 1.54) is 13.4 Å². The molecule has 1 amide bonds. The molecule has 0 saturated carbocycles. The van der Waals surface area contributed by atoms with Crippen LogP contribution >= 0.6 is 11.6 Å². The number of anilines is 2. The Kier molecular flexibility index (Phi) is 6.38. The fraction of sp³-hybridized carbons (Fsp3) is 0.538. The first-order valence-corrected chi connectivity index (χ1v) is 7.09. The molecular weight excluding hydrogens is 326 g/mol. The first kappa shape index (κ1) is 18.8. The van der Waals surface area contributed by atoms with E-state index in [2.05, 4.69) is 25.3 Å². The summed E-state index contributed by atoms with van der Waals surface area (Å²) in [5.41, 5.74) is 5.16. The summed E-state index contributed by atoms with van der Waals surface area (Å²) in [7, 11) is 1.21. The second-order valence-corrected chi connectivity index (χ2v) is 5.89. The van der Waals surface area contributed by atoms with Crippen molar-refractivity contribution in [3.05, 3.63) is 11.5 Å². The van der Waals surface area contributed by atoms with Gasteiger partial charge in [0.15, 0.2) is 11.0 Å². The lowest BCUT2D eigenvalue weighted by Crippen LogP contribution is -2.47. The van der Waals surface area contributed by atoms with E-state index in [9.17, 15) is 9.59 Å². The molecule has 0 aliphatic heterocycles. The fourth-order valence-corrected chi connectivity index (χ4v) is 1.63. The number of aromatic nitrogens is 2. The first-order valence-electron chi connectivity index (χ1n) is 6.71. The summed E-state index contributed by atoms with van der Waals surface area (Å²) in [5, 5.41) is 5.30. The molecule has 1 atom stereocenters. The van der Waals surface area contributed by atoms with Crippen molar-refractivity contribution in [3.63, 3.8) is 0 Å². The molecule has 1 heterocycles. The first-order chi connectivity index (χ1) is 10.6. The smallest absolute Gasteiger partial charge is 0.408 e. The van der Waals surface area contributed by atoms with E-state index >= 15 is 0 Å². The highest BCUT2D eigenvalue weighted by Crippen LogP contribution is 2.21. The maximum absolute atomic E-state index is 11.8. The number of halogens is 1. The van der Waals surface area contributed by atoms with Crippen molar-refractivity contribution in [2.45, 2.75) is 32.4 Å². The topological polar surface area (TPSA) is 128 Å². The lowest BCUT2D eigenvalue weighted by molar-refractivity contribution is -0.142. The molecule has 23 heavy (non-hydrogen) atoms. The van der Waals surface area contributed by atoms with Crippen LogP contribution in [0.1, 0.15) is 20.8 Å². The summed E-state index contributed by atoms with van der Waals surface area (Å²) in [6.07, 6.45) is 0.471. The van der Waals surface area contributed by atoms with Crippen molar-refractivity contribution in [3.8, 4) is 0 Å². The Morgan fingerprint density at radius 3 is 2.61 bits per heavy atom. The van der Waals surface area contributed by atoms with Gasteiger partial charge >= 0.3 is 12.1 Å². The lowest BCUT2D eigenvalue weighted by Gasteiger charge is -2.23. The number of carbonyl (C=O) groups excluding carboxylic acids is 2. The largest absolute Gasteiger partial charge is 0.467 e. The van der Waals surface area contributed by atoms with E-state index in [1.807, 2.05) is 0 Å². The van der Waals surface area contributed by atoms with Crippen LogP contribution in [0.4, 0.5) is 16.3 Å². The number of nitrogen functional groups attached to an aromatic ring is 1. The molecule has 1 rings (SSSR count). The van der Waals surface area contributed by atoms with Crippen LogP contribution < -0.4 is 16.4 Å². The highest BCUT2D eigenvalue weighted by Gasteiger charge is 2.25. The van der Waals surface area contributed by atoms with Crippen molar-refractivity contribution < 1.29 is 19.1 Å². The van der Waals surface area contributed by atoms with Crippen LogP contribution in [0.15, 0.2) is 6.33 Å².